The third kappa shape index (κ3) is 5.01. The van der Waals surface area contributed by atoms with Crippen molar-refractivity contribution in [3.05, 3.63) is 29.8 Å². The Balaban J connectivity index is 0.00000180. The van der Waals surface area contributed by atoms with Crippen molar-refractivity contribution in [1.29, 1.82) is 0 Å². The predicted molar refractivity (Wildman–Crippen MR) is 82.2 cm³/mol. The standard InChI is InChI=1S/C15H24N2O.ClH/c1-16-10-14-4-3-9-17(12-14)11-13-5-7-15(18-2)8-6-13;/h5-8,14,16H,3-4,9-12H2,1-2H3;1H. The van der Waals surface area contributed by atoms with E-state index < -0.39 is 0 Å². The SMILES string of the molecule is CNCC1CCCN(Cc2ccc(OC)cc2)C1.Cl. The van der Waals surface area contributed by atoms with Crippen molar-refractivity contribution >= 4 is 12.4 Å². The van der Waals surface area contributed by atoms with Crippen molar-refractivity contribution < 1.29 is 4.74 Å². The highest BCUT2D eigenvalue weighted by Crippen LogP contribution is 2.19. The molecule has 4 heteroatoms. The Kier molecular flexibility index (Phi) is 7.21. The molecule has 1 aromatic rings. The average molecular weight is 285 g/mol. The number of methoxy groups -OCH3 is 1. The molecule has 3 nitrogen and oxygen atoms in total. The Morgan fingerprint density at radius 2 is 2.05 bits per heavy atom. The summed E-state index contributed by atoms with van der Waals surface area (Å²) in [6.07, 6.45) is 2.68. The number of rotatable bonds is 5. The normalized spacial score (nSPS) is 19.8. The molecular formula is C15H25ClN2O. The zero-order valence-corrected chi connectivity index (χ0v) is 12.7. The molecule has 0 spiro atoms. The van der Waals surface area contributed by atoms with E-state index in [4.69, 9.17) is 4.74 Å². The van der Waals surface area contributed by atoms with Crippen LogP contribution in [0.15, 0.2) is 24.3 Å². The lowest BCUT2D eigenvalue weighted by atomic mass is 9.97. The molecule has 2 rings (SSSR count). The van der Waals surface area contributed by atoms with Gasteiger partial charge in [-0.05, 0) is 56.6 Å². The van der Waals surface area contributed by atoms with Gasteiger partial charge in [0.05, 0.1) is 7.11 Å². The van der Waals surface area contributed by atoms with Gasteiger partial charge in [-0.2, -0.15) is 0 Å². The number of nitrogens with one attached hydrogen (secondary N) is 1. The smallest absolute Gasteiger partial charge is 0.118 e. The first-order chi connectivity index (χ1) is 8.81. The number of hydrogen-bond acceptors (Lipinski definition) is 3. The summed E-state index contributed by atoms with van der Waals surface area (Å²) >= 11 is 0. The number of likely N-dealkylation sites (tertiary alicyclic amines) is 1. The maximum atomic E-state index is 5.19. The second kappa shape index (κ2) is 8.41. The average Bonchev–Trinajstić information content (AvgIpc) is 2.40. The number of nitrogens with zero attached hydrogens (tertiary/aromatic N) is 1. The lowest BCUT2D eigenvalue weighted by Crippen LogP contribution is -2.38. The molecule has 19 heavy (non-hydrogen) atoms. The first-order valence-corrected chi connectivity index (χ1v) is 6.81. The summed E-state index contributed by atoms with van der Waals surface area (Å²) in [4.78, 5) is 2.56. The number of halogens is 1. The maximum Gasteiger partial charge on any atom is 0.118 e. The van der Waals surface area contributed by atoms with E-state index in [1.165, 1.54) is 31.5 Å². The first kappa shape index (κ1) is 16.3. The van der Waals surface area contributed by atoms with Crippen molar-refractivity contribution in [2.45, 2.75) is 19.4 Å². The van der Waals surface area contributed by atoms with Gasteiger partial charge < -0.3 is 10.1 Å². The quantitative estimate of drug-likeness (QED) is 0.899. The molecule has 1 aliphatic rings. The van der Waals surface area contributed by atoms with Crippen LogP contribution in [0.25, 0.3) is 0 Å². The van der Waals surface area contributed by atoms with Crippen molar-refractivity contribution in [3.63, 3.8) is 0 Å². The summed E-state index contributed by atoms with van der Waals surface area (Å²) in [5.41, 5.74) is 1.38. The van der Waals surface area contributed by atoms with E-state index in [-0.39, 0.29) is 12.4 Å². The van der Waals surface area contributed by atoms with Crippen LogP contribution in [-0.4, -0.2) is 38.7 Å². The van der Waals surface area contributed by atoms with Crippen LogP contribution < -0.4 is 10.1 Å². The van der Waals surface area contributed by atoms with E-state index >= 15 is 0 Å². The van der Waals surface area contributed by atoms with E-state index in [0.717, 1.165) is 24.8 Å². The fourth-order valence-electron chi connectivity index (χ4n) is 2.74. The molecule has 108 valence electrons. The van der Waals surface area contributed by atoms with Crippen molar-refractivity contribution in [3.8, 4) is 5.75 Å². The largest absolute Gasteiger partial charge is 0.497 e. The van der Waals surface area contributed by atoms with Crippen molar-refractivity contribution in [2.24, 2.45) is 5.92 Å². The minimum atomic E-state index is 0. The van der Waals surface area contributed by atoms with E-state index in [9.17, 15) is 0 Å². The molecule has 1 atom stereocenters. The predicted octanol–water partition coefficient (Wildman–Crippen LogP) is 2.55. The van der Waals surface area contributed by atoms with Crippen molar-refractivity contribution in [2.75, 3.05) is 33.8 Å². The topological polar surface area (TPSA) is 24.5 Å². The summed E-state index contributed by atoms with van der Waals surface area (Å²) in [5.74, 6) is 1.74. The number of ether oxygens (including phenoxy) is 1. The molecule has 1 fully saturated rings. The third-order valence-electron chi connectivity index (χ3n) is 3.66. The summed E-state index contributed by atoms with van der Waals surface area (Å²) in [6.45, 7) is 4.64. The molecule has 0 saturated carbocycles. The van der Waals surface area contributed by atoms with Gasteiger partial charge in [0, 0.05) is 13.1 Å². The molecule has 1 aromatic carbocycles. The van der Waals surface area contributed by atoms with Gasteiger partial charge in [0.15, 0.2) is 0 Å². The van der Waals surface area contributed by atoms with Crippen LogP contribution in [0, 0.1) is 5.92 Å². The first-order valence-electron chi connectivity index (χ1n) is 6.81. The van der Waals surface area contributed by atoms with Crippen LogP contribution in [-0.2, 0) is 6.54 Å². The van der Waals surface area contributed by atoms with Gasteiger partial charge in [0.25, 0.3) is 0 Å². The van der Waals surface area contributed by atoms with Gasteiger partial charge in [-0.25, -0.2) is 0 Å². The second-order valence-corrected chi connectivity index (χ2v) is 5.15. The van der Waals surface area contributed by atoms with Crippen molar-refractivity contribution in [1.82, 2.24) is 10.2 Å². The van der Waals surface area contributed by atoms with E-state index in [2.05, 4.69) is 22.3 Å². The molecule has 1 saturated heterocycles. The van der Waals surface area contributed by atoms with Crippen LogP contribution in [0.2, 0.25) is 0 Å². The molecule has 1 aliphatic heterocycles. The lowest BCUT2D eigenvalue weighted by molar-refractivity contribution is 0.167. The highest BCUT2D eigenvalue weighted by molar-refractivity contribution is 5.85. The number of piperidine rings is 1. The highest BCUT2D eigenvalue weighted by Gasteiger charge is 2.19. The Morgan fingerprint density at radius 1 is 1.32 bits per heavy atom. The molecule has 0 bridgehead atoms. The van der Waals surface area contributed by atoms with Gasteiger partial charge in [-0.3, -0.25) is 4.90 Å². The zero-order chi connectivity index (χ0) is 12.8. The van der Waals surface area contributed by atoms with Crippen LogP contribution in [0.3, 0.4) is 0 Å². The Hall–Kier alpha value is -0.770. The zero-order valence-electron chi connectivity index (χ0n) is 11.9. The number of hydrogen-bond donors (Lipinski definition) is 1. The molecule has 0 amide bonds. The van der Waals surface area contributed by atoms with Gasteiger partial charge in [0.2, 0.25) is 0 Å². The fraction of sp³-hybridized carbons (Fsp3) is 0.600. The molecule has 0 radical (unpaired) electrons. The molecule has 1 heterocycles. The molecule has 1 unspecified atom stereocenters. The maximum absolute atomic E-state index is 5.19. The van der Waals surface area contributed by atoms with E-state index in [1.807, 2.05) is 19.2 Å². The summed E-state index contributed by atoms with van der Waals surface area (Å²) < 4.78 is 5.19. The summed E-state index contributed by atoms with van der Waals surface area (Å²) in [5, 5.41) is 3.29. The molecule has 0 aromatic heterocycles. The molecule has 0 aliphatic carbocycles. The minimum absolute atomic E-state index is 0. The van der Waals surface area contributed by atoms with E-state index in [1.54, 1.807) is 7.11 Å². The molecular weight excluding hydrogens is 260 g/mol. The second-order valence-electron chi connectivity index (χ2n) is 5.15. The van der Waals surface area contributed by atoms with Crippen LogP contribution in [0.4, 0.5) is 0 Å². The Morgan fingerprint density at radius 3 is 2.68 bits per heavy atom. The summed E-state index contributed by atoms with van der Waals surface area (Å²) in [6, 6.07) is 8.43. The summed E-state index contributed by atoms with van der Waals surface area (Å²) in [7, 11) is 3.75. The van der Waals surface area contributed by atoms with Gasteiger partial charge in [0.1, 0.15) is 5.75 Å². The van der Waals surface area contributed by atoms with Gasteiger partial charge in [-0.1, -0.05) is 12.1 Å². The van der Waals surface area contributed by atoms with Crippen LogP contribution in [0.5, 0.6) is 5.75 Å². The highest BCUT2D eigenvalue weighted by atomic mass is 35.5. The minimum Gasteiger partial charge on any atom is -0.497 e. The van der Waals surface area contributed by atoms with Gasteiger partial charge in [-0.15, -0.1) is 12.4 Å². The van der Waals surface area contributed by atoms with E-state index in [0.29, 0.717) is 0 Å². The third-order valence-corrected chi connectivity index (χ3v) is 3.66. The molecule has 1 N–H and O–H groups in total. The monoisotopic (exact) mass is 284 g/mol. The van der Waals surface area contributed by atoms with Gasteiger partial charge >= 0.3 is 0 Å². The Bertz CT molecular complexity index is 354. The van der Waals surface area contributed by atoms with Crippen LogP contribution >= 0.6 is 12.4 Å². The van der Waals surface area contributed by atoms with Crippen LogP contribution in [0.1, 0.15) is 18.4 Å². The Labute approximate surface area is 122 Å². The lowest BCUT2D eigenvalue weighted by Gasteiger charge is -2.32. The number of benzene rings is 1. The fourth-order valence-corrected chi connectivity index (χ4v) is 2.74.